The lowest BCUT2D eigenvalue weighted by molar-refractivity contribution is 1.45. The summed E-state index contributed by atoms with van der Waals surface area (Å²) in [6.45, 7) is 0. The van der Waals surface area contributed by atoms with Gasteiger partial charge in [0.15, 0.2) is 0 Å². The summed E-state index contributed by atoms with van der Waals surface area (Å²) >= 11 is 5.82. The van der Waals surface area contributed by atoms with Gasteiger partial charge in [0.25, 0.3) is 0 Å². The van der Waals surface area contributed by atoms with Crippen LogP contribution in [0.25, 0.3) is 10.8 Å². The van der Waals surface area contributed by atoms with Crippen molar-refractivity contribution in [2.24, 2.45) is 0 Å². The summed E-state index contributed by atoms with van der Waals surface area (Å²) in [6.07, 6.45) is 0. The highest BCUT2D eigenvalue weighted by molar-refractivity contribution is 6.18. The molecule has 0 unspecified atom stereocenters. The number of hydrogen-bond acceptors (Lipinski definition) is 1. The molecule has 0 fully saturated rings. The van der Waals surface area contributed by atoms with E-state index in [1.165, 1.54) is 5.39 Å². The van der Waals surface area contributed by atoms with Crippen molar-refractivity contribution in [3.05, 3.63) is 42.0 Å². The summed E-state index contributed by atoms with van der Waals surface area (Å²) < 4.78 is 0. The predicted octanol–water partition coefficient (Wildman–Crippen LogP) is 3.16. The quantitative estimate of drug-likeness (QED) is 0.544. The number of nitrogen functional groups attached to an aromatic ring is 1. The van der Waals surface area contributed by atoms with E-state index < -0.39 is 0 Å². The number of fused-ring (bicyclic) bond motifs is 1. The average molecular weight is 192 g/mol. The molecule has 2 aromatic rings. The molecule has 1 nitrogen and oxygen atoms in total. The predicted molar refractivity (Wildman–Crippen MR) is 57.9 cm³/mol. The molecule has 13 heavy (non-hydrogen) atoms. The molecule has 2 heteroatoms. The van der Waals surface area contributed by atoms with Crippen LogP contribution >= 0.6 is 11.6 Å². The Labute approximate surface area is 82.1 Å². The fraction of sp³-hybridized carbons (Fsp3) is 0.0909. The van der Waals surface area contributed by atoms with Crippen molar-refractivity contribution >= 4 is 28.1 Å². The zero-order valence-corrected chi connectivity index (χ0v) is 7.88. The summed E-state index contributed by atoms with van der Waals surface area (Å²) in [5.41, 5.74) is 7.62. The number of rotatable bonds is 1. The Hall–Kier alpha value is -1.21. The SMILES string of the molecule is Nc1ccc2cccc(CCl)c2c1. The van der Waals surface area contributed by atoms with Crippen LogP contribution in [-0.2, 0) is 5.88 Å². The normalized spacial score (nSPS) is 10.5. The van der Waals surface area contributed by atoms with Gasteiger partial charge in [-0.3, -0.25) is 0 Å². The van der Waals surface area contributed by atoms with Crippen molar-refractivity contribution in [1.82, 2.24) is 0 Å². The van der Waals surface area contributed by atoms with Crippen LogP contribution in [0.1, 0.15) is 5.56 Å². The first-order valence-electron chi connectivity index (χ1n) is 4.14. The minimum absolute atomic E-state index is 0.529. The Bertz CT molecular complexity index is 437. The van der Waals surface area contributed by atoms with Gasteiger partial charge in [0, 0.05) is 11.6 Å². The van der Waals surface area contributed by atoms with Gasteiger partial charge in [-0.2, -0.15) is 0 Å². The Morgan fingerprint density at radius 3 is 2.77 bits per heavy atom. The molecule has 0 amide bonds. The molecular weight excluding hydrogens is 182 g/mol. The fourth-order valence-electron chi connectivity index (χ4n) is 1.47. The van der Waals surface area contributed by atoms with Gasteiger partial charge in [0.05, 0.1) is 0 Å². The summed E-state index contributed by atoms with van der Waals surface area (Å²) in [5.74, 6) is 0.529. The maximum atomic E-state index is 5.82. The summed E-state index contributed by atoms with van der Waals surface area (Å²) in [7, 11) is 0. The molecule has 2 N–H and O–H groups in total. The van der Waals surface area contributed by atoms with Crippen molar-refractivity contribution < 1.29 is 0 Å². The Morgan fingerprint density at radius 2 is 2.00 bits per heavy atom. The third kappa shape index (κ3) is 1.47. The van der Waals surface area contributed by atoms with E-state index in [1.807, 2.05) is 30.3 Å². The zero-order valence-electron chi connectivity index (χ0n) is 7.13. The second kappa shape index (κ2) is 3.27. The second-order valence-electron chi connectivity index (χ2n) is 3.03. The van der Waals surface area contributed by atoms with Crippen LogP contribution in [0.2, 0.25) is 0 Å². The van der Waals surface area contributed by atoms with Crippen molar-refractivity contribution in [3.8, 4) is 0 Å². The molecule has 0 saturated carbocycles. The number of nitrogens with two attached hydrogens (primary N) is 1. The molecular formula is C11H10ClN. The van der Waals surface area contributed by atoms with E-state index in [0.29, 0.717) is 5.88 Å². The standard InChI is InChI=1S/C11H10ClN/c12-7-9-3-1-2-8-4-5-10(13)6-11(8)9/h1-6H,7,13H2. The smallest absolute Gasteiger partial charge is 0.0480 e. The molecule has 0 saturated heterocycles. The van der Waals surface area contributed by atoms with Gasteiger partial charge in [0.2, 0.25) is 0 Å². The van der Waals surface area contributed by atoms with Gasteiger partial charge in [0.1, 0.15) is 0 Å². The van der Waals surface area contributed by atoms with Crippen molar-refractivity contribution in [2.75, 3.05) is 5.73 Å². The molecule has 2 rings (SSSR count). The zero-order chi connectivity index (χ0) is 9.26. The fourth-order valence-corrected chi connectivity index (χ4v) is 1.70. The Morgan fingerprint density at radius 1 is 1.15 bits per heavy atom. The molecule has 66 valence electrons. The van der Waals surface area contributed by atoms with E-state index in [-0.39, 0.29) is 0 Å². The van der Waals surface area contributed by atoms with Crippen LogP contribution in [0, 0.1) is 0 Å². The highest BCUT2D eigenvalue weighted by Gasteiger charge is 1.98. The first-order valence-corrected chi connectivity index (χ1v) is 4.68. The molecule has 0 heterocycles. The van der Waals surface area contributed by atoms with Crippen LogP contribution in [0.3, 0.4) is 0 Å². The minimum Gasteiger partial charge on any atom is -0.399 e. The van der Waals surface area contributed by atoms with Crippen molar-refractivity contribution in [3.63, 3.8) is 0 Å². The third-order valence-corrected chi connectivity index (χ3v) is 2.43. The average Bonchev–Trinajstić information content (AvgIpc) is 2.17. The van der Waals surface area contributed by atoms with Crippen molar-refractivity contribution in [1.29, 1.82) is 0 Å². The van der Waals surface area contributed by atoms with Crippen LogP contribution in [0.5, 0.6) is 0 Å². The first kappa shape index (κ1) is 8.39. The Kier molecular flexibility index (Phi) is 2.11. The summed E-state index contributed by atoms with van der Waals surface area (Å²) in [6, 6.07) is 12.0. The van der Waals surface area contributed by atoms with Crippen LogP contribution in [0.4, 0.5) is 5.69 Å². The van der Waals surface area contributed by atoms with Crippen molar-refractivity contribution in [2.45, 2.75) is 5.88 Å². The molecule has 0 aromatic heterocycles. The van der Waals surface area contributed by atoms with Crippen LogP contribution in [0.15, 0.2) is 36.4 Å². The van der Waals surface area contributed by atoms with Crippen LogP contribution < -0.4 is 5.73 Å². The van der Waals surface area contributed by atoms with E-state index in [2.05, 4.69) is 6.07 Å². The molecule has 0 aliphatic rings. The van der Waals surface area contributed by atoms with Gasteiger partial charge in [-0.05, 0) is 28.5 Å². The topological polar surface area (TPSA) is 26.0 Å². The van der Waals surface area contributed by atoms with E-state index >= 15 is 0 Å². The lowest BCUT2D eigenvalue weighted by atomic mass is 10.1. The lowest BCUT2D eigenvalue weighted by Gasteiger charge is -2.03. The first-order chi connectivity index (χ1) is 6.31. The highest BCUT2D eigenvalue weighted by atomic mass is 35.5. The largest absolute Gasteiger partial charge is 0.399 e. The minimum atomic E-state index is 0.529. The Balaban J connectivity index is 2.79. The van der Waals surface area contributed by atoms with Gasteiger partial charge in [-0.25, -0.2) is 0 Å². The number of anilines is 1. The molecule has 0 aliphatic carbocycles. The van der Waals surface area contributed by atoms with Gasteiger partial charge < -0.3 is 5.73 Å². The number of alkyl halides is 1. The molecule has 2 aromatic carbocycles. The maximum Gasteiger partial charge on any atom is 0.0480 e. The second-order valence-corrected chi connectivity index (χ2v) is 3.30. The molecule has 0 atom stereocenters. The third-order valence-electron chi connectivity index (χ3n) is 2.14. The number of hydrogen-bond donors (Lipinski definition) is 1. The monoisotopic (exact) mass is 191 g/mol. The van der Waals surface area contributed by atoms with E-state index in [4.69, 9.17) is 17.3 Å². The van der Waals surface area contributed by atoms with Gasteiger partial charge >= 0.3 is 0 Å². The van der Waals surface area contributed by atoms with Gasteiger partial charge in [-0.15, -0.1) is 11.6 Å². The molecule has 0 bridgehead atoms. The maximum absolute atomic E-state index is 5.82. The highest BCUT2D eigenvalue weighted by Crippen LogP contribution is 2.22. The summed E-state index contributed by atoms with van der Waals surface area (Å²) in [4.78, 5) is 0. The molecule has 0 radical (unpaired) electrons. The number of halogens is 1. The number of benzene rings is 2. The van der Waals surface area contributed by atoms with E-state index in [9.17, 15) is 0 Å². The van der Waals surface area contributed by atoms with Crippen LogP contribution in [-0.4, -0.2) is 0 Å². The van der Waals surface area contributed by atoms with E-state index in [0.717, 1.165) is 16.6 Å². The van der Waals surface area contributed by atoms with E-state index in [1.54, 1.807) is 0 Å². The summed E-state index contributed by atoms with van der Waals surface area (Å²) in [5, 5.41) is 2.34. The molecule has 0 aliphatic heterocycles. The lowest BCUT2D eigenvalue weighted by Crippen LogP contribution is -1.86. The molecule has 0 spiro atoms. The van der Waals surface area contributed by atoms with Gasteiger partial charge in [-0.1, -0.05) is 24.3 Å².